The number of benzene rings is 1. The van der Waals surface area contributed by atoms with Crippen LogP contribution in [-0.2, 0) is 4.79 Å². The van der Waals surface area contributed by atoms with Gasteiger partial charge in [-0.2, -0.15) is 0 Å². The lowest BCUT2D eigenvalue weighted by Gasteiger charge is -2.16. The van der Waals surface area contributed by atoms with Gasteiger partial charge in [-0.25, -0.2) is 0 Å². The van der Waals surface area contributed by atoms with Gasteiger partial charge in [0.05, 0.1) is 5.88 Å². The number of Topliss-reactive ketones (excluding diaryl/α,β-unsaturated/α-hetero) is 1. The molecule has 0 radical (unpaired) electrons. The minimum atomic E-state index is -0.291. The number of para-hydroxylation sites is 2. The standard InChI is InChI=1S/C10H7ClO3/c11-5-7(12)10-6-13-8-3-1-2-4-9(8)14-10/h1-4,6H,5H2. The maximum Gasteiger partial charge on any atom is 0.215 e. The van der Waals surface area contributed by atoms with Crippen LogP contribution in [0.2, 0.25) is 0 Å². The number of hydrogen-bond acceptors (Lipinski definition) is 3. The summed E-state index contributed by atoms with van der Waals surface area (Å²) in [5.41, 5.74) is 0. The third-order valence-electron chi connectivity index (χ3n) is 1.76. The molecule has 0 fully saturated rings. The molecule has 0 atom stereocenters. The molecule has 1 heterocycles. The lowest BCUT2D eigenvalue weighted by atomic mass is 10.3. The van der Waals surface area contributed by atoms with E-state index >= 15 is 0 Å². The summed E-state index contributed by atoms with van der Waals surface area (Å²) in [6.45, 7) is 0. The second-order valence-electron chi connectivity index (χ2n) is 2.71. The molecule has 4 heteroatoms. The maximum absolute atomic E-state index is 11.2. The third kappa shape index (κ3) is 1.59. The van der Waals surface area contributed by atoms with Gasteiger partial charge < -0.3 is 9.47 Å². The van der Waals surface area contributed by atoms with Gasteiger partial charge in [0.15, 0.2) is 11.5 Å². The summed E-state index contributed by atoms with van der Waals surface area (Å²) < 4.78 is 10.5. The van der Waals surface area contributed by atoms with E-state index in [9.17, 15) is 4.79 Å². The van der Waals surface area contributed by atoms with Crippen LogP contribution in [-0.4, -0.2) is 11.7 Å². The van der Waals surface area contributed by atoms with Gasteiger partial charge in [-0.1, -0.05) is 12.1 Å². The Morgan fingerprint density at radius 3 is 2.71 bits per heavy atom. The molecule has 0 spiro atoms. The molecule has 0 aliphatic carbocycles. The van der Waals surface area contributed by atoms with Gasteiger partial charge in [0.25, 0.3) is 0 Å². The normalized spacial score (nSPS) is 13.4. The molecule has 72 valence electrons. The molecular formula is C10H7ClO3. The first-order valence-corrected chi connectivity index (χ1v) is 4.57. The molecule has 0 saturated carbocycles. The summed E-state index contributed by atoms with van der Waals surface area (Å²) in [7, 11) is 0. The smallest absolute Gasteiger partial charge is 0.215 e. The van der Waals surface area contributed by atoms with Crippen LogP contribution in [0.25, 0.3) is 0 Å². The average Bonchev–Trinajstić information content (AvgIpc) is 2.27. The Morgan fingerprint density at radius 2 is 2.00 bits per heavy atom. The minimum absolute atomic E-state index is 0.114. The van der Waals surface area contributed by atoms with E-state index in [1.54, 1.807) is 18.2 Å². The van der Waals surface area contributed by atoms with Crippen LogP contribution >= 0.6 is 11.6 Å². The van der Waals surface area contributed by atoms with Crippen molar-refractivity contribution in [2.75, 3.05) is 5.88 Å². The van der Waals surface area contributed by atoms with E-state index in [-0.39, 0.29) is 17.4 Å². The molecule has 3 nitrogen and oxygen atoms in total. The number of carbonyl (C=O) groups excluding carboxylic acids is 1. The van der Waals surface area contributed by atoms with Gasteiger partial charge in [0.2, 0.25) is 11.5 Å². The lowest BCUT2D eigenvalue weighted by molar-refractivity contribution is -0.115. The third-order valence-corrected chi connectivity index (χ3v) is 2.00. The molecule has 0 aromatic heterocycles. The highest BCUT2D eigenvalue weighted by Gasteiger charge is 2.18. The number of hydrogen-bond donors (Lipinski definition) is 0. The van der Waals surface area contributed by atoms with Crippen LogP contribution in [0.1, 0.15) is 0 Å². The highest BCUT2D eigenvalue weighted by Crippen LogP contribution is 2.31. The van der Waals surface area contributed by atoms with Gasteiger partial charge in [0, 0.05) is 0 Å². The van der Waals surface area contributed by atoms with Crippen LogP contribution in [0.15, 0.2) is 36.3 Å². The Hall–Kier alpha value is -1.48. The van der Waals surface area contributed by atoms with Crippen molar-refractivity contribution in [3.8, 4) is 11.5 Å². The number of allylic oxidation sites excluding steroid dienone is 1. The molecule has 14 heavy (non-hydrogen) atoms. The molecular weight excluding hydrogens is 204 g/mol. The highest BCUT2D eigenvalue weighted by molar-refractivity contribution is 6.30. The number of alkyl halides is 1. The van der Waals surface area contributed by atoms with Crippen LogP contribution in [0.4, 0.5) is 0 Å². The minimum Gasteiger partial charge on any atom is -0.457 e. The van der Waals surface area contributed by atoms with Crippen molar-refractivity contribution in [2.24, 2.45) is 0 Å². The molecule has 0 N–H and O–H groups in total. The van der Waals surface area contributed by atoms with Gasteiger partial charge in [-0.15, -0.1) is 11.6 Å². The monoisotopic (exact) mass is 210 g/mol. The Bertz CT molecular complexity index is 398. The van der Waals surface area contributed by atoms with E-state index < -0.39 is 0 Å². The second kappa shape index (κ2) is 3.72. The number of halogens is 1. The van der Waals surface area contributed by atoms with Crippen LogP contribution < -0.4 is 9.47 Å². The molecule has 0 bridgehead atoms. The van der Waals surface area contributed by atoms with Crippen molar-refractivity contribution >= 4 is 17.4 Å². The largest absolute Gasteiger partial charge is 0.457 e. The van der Waals surface area contributed by atoms with E-state index in [4.69, 9.17) is 21.1 Å². The van der Waals surface area contributed by atoms with E-state index in [1.165, 1.54) is 6.26 Å². The molecule has 1 aliphatic rings. The molecule has 1 aromatic carbocycles. The fourth-order valence-electron chi connectivity index (χ4n) is 1.08. The van der Waals surface area contributed by atoms with Gasteiger partial charge in [0.1, 0.15) is 6.26 Å². The Morgan fingerprint density at radius 1 is 1.29 bits per heavy atom. The summed E-state index contributed by atoms with van der Waals surface area (Å²) in [6.07, 6.45) is 1.27. The summed E-state index contributed by atoms with van der Waals surface area (Å²) in [5, 5.41) is 0. The molecule has 0 unspecified atom stereocenters. The number of ketones is 1. The van der Waals surface area contributed by atoms with Gasteiger partial charge in [-0.05, 0) is 12.1 Å². The van der Waals surface area contributed by atoms with Crippen LogP contribution in [0.3, 0.4) is 0 Å². The predicted molar refractivity (Wildman–Crippen MR) is 51.5 cm³/mol. The molecule has 1 aromatic rings. The van der Waals surface area contributed by atoms with Crippen molar-refractivity contribution in [1.29, 1.82) is 0 Å². The zero-order valence-electron chi connectivity index (χ0n) is 7.20. The summed E-state index contributed by atoms with van der Waals surface area (Å²) in [5.74, 6) is 0.860. The topological polar surface area (TPSA) is 35.5 Å². The molecule has 0 amide bonds. The fraction of sp³-hybridized carbons (Fsp3) is 0.100. The van der Waals surface area contributed by atoms with E-state index in [2.05, 4.69) is 0 Å². The van der Waals surface area contributed by atoms with E-state index in [0.717, 1.165) is 0 Å². The van der Waals surface area contributed by atoms with Crippen molar-refractivity contribution in [3.63, 3.8) is 0 Å². The van der Waals surface area contributed by atoms with Crippen molar-refractivity contribution < 1.29 is 14.3 Å². The first-order chi connectivity index (χ1) is 6.81. The van der Waals surface area contributed by atoms with Crippen LogP contribution in [0, 0.1) is 0 Å². The van der Waals surface area contributed by atoms with Crippen molar-refractivity contribution in [2.45, 2.75) is 0 Å². The number of ether oxygens (including phenoxy) is 2. The zero-order valence-corrected chi connectivity index (χ0v) is 7.95. The SMILES string of the molecule is O=C(CCl)C1=COc2ccccc2O1. The van der Waals surface area contributed by atoms with E-state index in [0.29, 0.717) is 11.5 Å². The van der Waals surface area contributed by atoms with E-state index in [1.807, 2.05) is 6.07 Å². The summed E-state index contributed by atoms with van der Waals surface area (Å²) >= 11 is 5.39. The molecule has 1 aliphatic heterocycles. The predicted octanol–water partition coefficient (Wildman–Crippen LogP) is 2.11. The number of carbonyl (C=O) groups is 1. The van der Waals surface area contributed by atoms with Crippen LogP contribution in [0.5, 0.6) is 11.5 Å². The fourth-order valence-corrected chi connectivity index (χ4v) is 1.21. The first-order valence-electron chi connectivity index (χ1n) is 4.04. The summed E-state index contributed by atoms with van der Waals surface area (Å²) in [4.78, 5) is 11.2. The first kappa shape index (κ1) is 9.09. The van der Waals surface area contributed by atoms with Crippen molar-refractivity contribution in [3.05, 3.63) is 36.3 Å². The quantitative estimate of drug-likeness (QED) is 0.702. The highest BCUT2D eigenvalue weighted by atomic mass is 35.5. The second-order valence-corrected chi connectivity index (χ2v) is 2.97. The number of fused-ring (bicyclic) bond motifs is 1. The lowest BCUT2D eigenvalue weighted by Crippen LogP contribution is -2.14. The maximum atomic E-state index is 11.2. The zero-order chi connectivity index (χ0) is 9.97. The molecule has 2 rings (SSSR count). The molecule has 0 saturated heterocycles. The van der Waals surface area contributed by atoms with Crippen molar-refractivity contribution in [1.82, 2.24) is 0 Å². The Kier molecular flexibility index (Phi) is 2.41. The average molecular weight is 211 g/mol. The number of rotatable bonds is 2. The summed E-state index contributed by atoms with van der Waals surface area (Å²) in [6, 6.07) is 7.11. The van der Waals surface area contributed by atoms with Gasteiger partial charge >= 0.3 is 0 Å². The van der Waals surface area contributed by atoms with Gasteiger partial charge in [-0.3, -0.25) is 4.79 Å². The Balaban J connectivity index is 2.25. The Labute approximate surface area is 85.9 Å².